The van der Waals surface area contributed by atoms with Crippen molar-refractivity contribution in [3.63, 3.8) is 0 Å². The van der Waals surface area contributed by atoms with Crippen LogP contribution < -0.4 is 10.6 Å². The standard InChI is InChI=1S/C16H12BrClN4OS/c17-10-1-4-12(5-2-10)20-15(23)7-13-9-24-16(21-13)22-14-6-3-11(18)8-19-14/h1-6,8-9H,7H2,(H,20,23)(H,19,21,22). The first-order valence-corrected chi connectivity index (χ1v) is 9.02. The fourth-order valence-corrected chi connectivity index (χ4v) is 3.00. The summed E-state index contributed by atoms with van der Waals surface area (Å²) in [7, 11) is 0. The quantitative estimate of drug-likeness (QED) is 0.614. The molecule has 0 saturated carbocycles. The zero-order valence-electron chi connectivity index (χ0n) is 12.3. The van der Waals surface area contributed by atoms with Gasteiger partial charge in [-0.05, 0) is 36.4 Å². The maximum absolute atomic E-state index is 12.1. The molecule has 2 heterocycles. The van der Waals surface area contributed by atoms with Crippen LogP contribution in [0, 0.1) is 0 Å². The number of benzene rings is 1. The van der Waals surface area contributed by atoms with E-state index in [4.69, 9.17) is 11.6 Å². The van der Waals surface area contributed by atoms with Crippen LogP contribution in [0.1, 0.15) is 5.69 Å². The Morgan fingerprint density at radius 2 is 2.00 bits per heavy atom. The number of anilines is 3. The molecule has 0 aliphatic heterocycles. The highest BCUT2D eigenvalue weighted by Crippen LogP contribution is 2.21. The third kappa shape index (κ3) is 4.77. The highest BCUT2D eigenvalue weighted by Gasteiger charge is 2.09. The molecule has 0 spiro atoms. The first kappa shape index (κ1) is 16.9. The maximum Gasteiger partial charge on any atom is 0.230 e. The van der Waals surface area contributed by atoms with E-state index in [1.807, 2.05) is 29.6 Å². The zero-order valence-corrected chi connectivity index (χ0v) is 15.5. The van der Waals surface area contributed by atoms with Gasteiger partial charge in [-0.15, -0.1) is 11.3 Å². The second kappa shape index (κ2) is 7.74. The Morgan fingerprint density at radius 1 is 1.21 bits per heavy atom. The third-order valence-corrected chi connectivity index (χ3v) is 4.54. The highest BCUT2D eigenvalue weighted by molar-refractivity contribution is 9.10. The van der Waals surface area contributed by atoms with E-state index in [1.54, 1.807) is 18.3 Å². The van der Waals surface area contributed by atoms with Crippen LogP contribution in [0.2, 0.25) is 5.02 Å². The van der Waals surface area contributed by atoms with Crippen molar-refractivity contribution >= 4 is 61.4 Å². The van der Waals surface area contributed by atoms with Crippen molar-refractivity contribution in [2.45, 2.75) is 6.42 Å². The second-order valence-corrected chi connectivity index (χ2v) is 7.07. The summed E-state index contributed by atoms with van der Waals surface area (Å²) in [5, 5.41) is 9.02. The number of nitrogens with one attached hydrogen (secondary N) is 2. The number of thiazole rings is 1. The van der Waals surface area contributed by atoms with E-state index in [2.05, 4.69) is 36.5 Å². The van der Waals surface area contributed by atoms with Gasteiger partial charge in [0.2, 0.25) is 5.91 Å². The number of nitrogens with zero attached hydrogens (tertiary/aromatic N) is 2. The predicted octanol–water partition coefficient (Wildman–Crippen LogP) is 4.88. The largest absolute Gasteiger partial charge is 0.326 e. The Kier molecular flexibility index (Phi) is 5.44. The molecule has 0 saturated heterocycles. The normalized spacial score (nSPS) is 10.4. The van der Waals surface area contributed by atoms with Crippen LogP contribution in [0.25, 0.3) is 0 Å². The minimum Gasteiger partial charge on any atom is -0.326 e. The van der Waals surface area contributed by atoms with Gasteiger partial charge in [0.1, 0.15) is 5.82 Å². The molecule has 3 rings (SSSR count). The van der Waals surface area contributed by atoms with Crippen LogP contribution >= 0.6 is 38.9 Å². The second-order valence-electron chi connectivity index (χ2n) is 4.86. The Morgan fingerprint density at radius 3 is 2.71 bits per heavy atom. The number of aromatic nitrogens is 2. The number of hydrogen-bond donors (Lipinski definition) is 2. The van der Waals surface area contributed by atoms with E-state index in [0.717, 1.165) is 10.2 Å². The molecule has 24 heavy (non-hydrogen) atoms. The highest BCUT2D eigenvalue weighted by atomic mass is 79.9. The topological polar surface area (TPSA) is 66.9 Å². The van der Waals surface area contributed by atoms with Crippen LogP contribution in [0.15, 0.2) is 52.4 Å². The van der Waals surface area contributed by atoms with Gasteiger partial charge in [-0.2, -0.15) is 0 Å². The van der Waals surface area contributed by atoms with E-state index >= 15 is 0 Å². The van der Waals surface area contributed by atoms with Crippen LogP contribution in [0.5, 0.6) is 0 Å². The molecule has 0 unspecified atom stereocenters. The molecule has 2 N–H and O–H groups in total. The number of rotatable bonds is 5. The SMILES string of the molecule is O=C(Cc1csc(Nc2ccc(Cl)cn2)n1)Nc1ccc(Br)cc1. The van der Waals surface area contributed by atoms with Gasteiger partial charge in [-0.25, -0.2) is 9.97 Å². The number of hydrogen-bond acceptors (Lipinski definition) is 5. The fourth-order valence-electron chi connectivity index (χ4n) is 1.91. The summed E-state index contributed by atoms with van der Waals surface area (Å²) >= 11 is 10.6. The summed E-state index contributed by atoms with van der Waals surface area (Å²) in [6.07, 6.45) is 1.77. The van der Waals surface area contributed by atoms with E-state index in [0.29, 0.717) is 21.7 Å². The summed E-state index contributed by atoms with van der Waals surface area (Å²) in [5.74, 6) is 0.540. The predicted molar refractivity (Wildman–Crippen MR) is 101 cm³/mol. The van der Waals surface area contributed by atoms with Gasteiger partial charge >= 0.3 is 0 Å². The molecule has 0 aliphatic carbocycles. The molecule has 0 bridgehead atoms. The summed E-state index contributed by atoms with van der Waals surface area (Å²) < 4.78 is 0.964. The number of amides is 1. The van der Waals surface area contributed by atoms with Crippen LogP contribution in [0.3, 0.4) is 0 Å². The van der Waals surface area contributed by atoms with Crippen LogP contribution in [-0.2, 0) is 11.2 Å². The lowest BCUT2D eigenvalue weighted by molar-refractivity contribution is -0.115. The molecule has 2 aromatic heterocycles. The summed E-state index contributed by atoms with van der Waals surface area (Å²) in [6.45, 7) is 0. The zero-order chi connectivity index (χ0) is 16.9. The van der Waals surface area contributed by atoms with E-state index in [1.165, 1.54) is 11.3 Å². The van der Waals surface area contributed by atoms with Crippen molar-refractivity contribution in [2.24, 2.45) is 0 Å². The molecule has 1 aromatic carbocycles. The summed E-state index contributed by atoms with van der Waals surface area (Å²) in [6, 6.07) is 10.9. The average molecular weight is 424 g/mol. The van der Waals surface area contributed by atoms with Gasteiger partial charge in [0.15, 0.2) is 5.13 Å². The number of carbonyl (C=O) groups is 1. The van der Waals surface area contributed by atoms with Crippen molar-refractivity contribution in [2.75, 3.05) is 10.6 Å². The molecular formula is C16H12BrClN4OS. The van der Waals surface area contributed by atoms with E-state index < -0.39 is 0 Å². The molecule has 1 amide bonds. The van der Waals surface area contributed by atoms with Crippen molar-refractivity contribution in [1.82, 2.24) is 9.97 Å². The van der Waals surface area contributed by atoms with E-state index in [9.17, 15) is 4.79 Å². The average Bonchev–Trinajstić information content (AvgIpc) is 2.99. The Bertz CT molecular complexity index is 836. The van der Waals surface area contributed by atoms with Gasteiger partial charge in [0.05, 0.1) is 17.1 Å². The lowest BCUT2D eigenvalue weighted by atomic mass is 10.3. The molecule has 0 fully saturated rings. The monoisotopic (exact) mass is 422 g/mol. The summed E-state index contributed by atoms with van der Waals surface area (Å²) in [4.78, 5) is 20.6. The van der Waals surface area contributed by atoms with Gasteiger partial charge in [0.25, 0.3) is 0 Å². The lowest BCUT2D eigenvalue weighted by Crippen LogP contribution is -2.14. The molecule has 5 nitrogen and oxygen atoms in total. The molecule has 0 atom stereocenters. The molecular weight excluding hydrogens is 412 g/mol. The van der Waals surface area contributed by atoms with Gasteiger partial charge in [0, 0.05) is 21.7 Å². The number of carbonyl (C=O) groups excluding carboxylic acids is 1. The third-order valence-electron chi connectivity index (χ3n) is 2.98. The Labute approximate surface area is 156 Å². The smallest absolute Gasteiger partial charge is 0.230 e. The Balaban J connectivity index is 1.58. The van der Waals surface area contributed by atoms with Crippen molar-refractivity contribution in [3.05, 3.63) is 63.2 Å². The minimum absolute atomic E-state index is 0.112. The first-order chi connectivity index (χ1) is 11.6. The molecule has 0 radical (unpaired) electrons. The van der Waals surface area contributed by atoms with Gasteiger partial charge in [-0.1, -0.05) is 27.5 Å². The van der Waals surface area contributed by atoms with Crippen molar-refractivity contribution in [3.8, 4) is 0 Å². The number of halogens is 2. The molecule has 122 valence electrons. The first-order valence-electron chi connectivity index (χ1n) is 6.97. The summed E-state index contributed by atoms with van der Waals surface area (Å²) in [5.41, 5.74) is 1.45. The minimum atomic E-state index is -0.112. The Hall–Kier alpha value is -1.96. The maximum atomic E-state index is 12.1. The van der Waals surface area contributed by atoms with Gasteiger partial charge < -0.3 is 10.6 Å². The number of pyridine rings is 1. The van der Waals surface area contributed by atoms with Gasteiger partial charge in [-0.3, -0.25) is 4.79 Å². The molecule has 0 aliphatic rings. The lowest BCUT2D eigenvalue weighted by Gasteiger charge is -2.04. The molecule has 8 heteroatoms. The van der Waals surface area contributed by atoms with E-state index in [-0.39, 0.29) is 12.3 Å². The van der Waals surface area contributed by atoms with Crippen LogP contribution in [-0.4, -0.2) is 15.9 Å². The molecule has 3 aromatic rings. The van der Waals surface area contributed by atoms with Crippen molar-refractivity contribution < 1.29 is 4.79 Å². The van der Waals surface area contributed by atoms with Crippen LogP contribution in [0.4, 0.5) is 16.6 Å². The fraction of sp³-hybridized carbons (Fsp3) is 0.0625. The van der Waals surface area contributed by atoms with Crippen molar-refractivity contribution in [1.29, 1.82) is 0 Å².